The Kier molecular flexibility index (Phi) is 3.10. The van der Waals surface area contributed by atoms with Crippen LogP contribution in [0.5, 0.6) is 0 Å². The highest BCUT2D eigenvalue weighted by atomic mass is 19.3. The summed E-state index contributed by atoms with van der Waals surface area (Å²) in [5, 5.41) is 10.6. The summed E-state index contributed by atoms with van der Waals surface area (Å²) < 4.78 is 24.7. The summed E-state index contributed by atoms with van der Waals surface area (Å²) in [6.07, 6.45) is -2.10. The van der Waals surface area contributed by atoms with E-state index < -0.39 is 28.3 Å². The zero-order valence-electron chi connectivity index (χ0n) is 7.48. The lowest BCUT2D eigenvalue weighted by molar-refractivity contribution is -0.385. The Bertz CT molecular complexity index is 397. The van der Waals surface area contributed by atoms with E-state index in [1.165, 1.54) is 0 Å². The molecule has 8 heteroatoms. The summed E-state index contributed by atoms with van der Waals surface area (Å²) in [5.74, 6) is 0. The van der Waals surface area contributed by atoms with Gasteiger partial charge in [0.25, 0.3) is 6.43 Å². The molecule has 1 heterocycles. The van der Waals surface area contributed by atoms with Crippen LogP contribution in [-0.4, -0.2) is 9.91 Å². The smallest absolute Gasteiger partial charge is 0.315 e. The minimum absolute atomic E-state index is 0.109. The first-order valence-corrected chi connectivity index (χ1v) is 3.88. The quantitative estimate of drug-likeness (QED) is 0.580. The average molecular weight is 218 g/mol. The van der Waals surface area contributed by atoms with Gasteiger partial charge >= 0.3 is 5.69 Å². The maximum absolute atomic E-state index is 12.3. The third-order valence-corrected chi connectivity index (χ3v) is 1.81. The molecule has 0 aliphatic rings. The number of hydrogen-bond donors (Lipinski definition) is 2. The minimum Gasteiger partial charge on any atom is -0.393 e. The monoisotopic (exact) mass is 218 g/mol. The number of nitro groups is 1. The van der Waals surface area contributed by atoms with E-state index in [0.29, 0.717) is 0 Å². The average Bonchev–Trinajstić information content (AvgIpc) is 2.15. The lowest BCUT2D eigenvalue weighted by atomic mass is 10.1. The maximum Gasteiger partial charge on any atom is 0.315 e. The van der Waals surface area contributed by atoms with E-state index in [1.807, 2.05) is 0 Å². The van der Waals surface area contributed by atoms with Crippen LogP contribution < -0.4 is 11.5 Å². The van der Waals surface area contributed by atoms with Gasteiger partial charge in [-0.15, -0.1) is 0 Å². The number of nitrogen functional groups attached to an aromatic ring is 1. The van der Waals surface area contributed by atoms with E-state index in [4.69, 9.17) is 11.5 Å². The van der Waals surface area contributed by atoms with Crippen molar-refractivity contribution in [1.82, 2.24) is 4.98 Å². The van der Waals surface area contributed by atoms with E-state index in [2.05, 4.69) is 4.98 Å². The zero-order valence-corrected chi connectivity index (χ0v) is 7.48. The van der Waals surface area contributed by atoms with Crippen molar-refractivity contribution in [3.63, 3.8) is 0 Å². The van der Waals surface area contributed by atoms with Crippen LogP contribution >= 0.6 is 0 Å². The molecule has 0 saturated carbocycles. The van der Waals surface area contributed by atoms with Gasteiger partial charge in [-0.25, -0.2) is 8.78 Å². The Labute approximate surface area is 83.0 Å². The molecule has 0 aliphatic heterocycles. The first-order chi connectivity index (χ1) is 6.99. The highest BCUT2D eigenvalue weighted by Gasteiger charge is 2.25. The SMILES string of the molecule is NCc1ncc(C(F)F)c(N)c1[N+](=O)[O-]. The molecule has 0 aromatic carbocycles. The number of pyridine rings is 1. The van der Waals surface area contributed by atoms with Gasteiger partial charge in [-0.2, -0.15) is 0 Å². The number of hydrogen-bond acceptors (Lipinski definition) is 5. The number of halogens is 2. The Morgan fingerprint density at radius 1 is 1.60 bits per heavy atom. The van der Waals surface area contributed by atoms with E-state index in [1.54, 1.807) is 0 Å². The third-order valence-electron chi connectivity index (χ3n) is 1.81. The highest BCUT2D eigenvalue weighted by Crippen LogP contribution is 2.33. The molecule has 0 radical (unpaired) electrons. The second-order valence-electron chi connectivity index (χ2n) is 2.68. The van der Waals surface area contributed by atoms with Crippen LogP contribution in [0.4, 0.5) is 20.2 Å². The highest BCUT2D eigenvalue weighted by molar-refractivity contribution is 5.65. The third kappa shape index (κ3) is 1.99. The number of anilines is 1. The van der Waals surface area contributed by atoms with Crippen molar-refractivity contribution in [3.8, 4) is 0 Å². The first kappa shape index (κ1) is 11.2. The summed E-state index contributed by atoms with van der Waals surface area (Å²) in [6, 6.07) is 0. The van der Waals surface area contributed by atoms with Gasteiger partial charge in [0.1, 0.15) is 11.4 Å². The zero-order chi connectivity index (χ0) is 11.6. The number of nitrogens with zero attached hydrogens (tertiary/aromatic N) is 2. The van der Waals surface area contributed by atoms with Crippen LogP contribution in [0.1, 0.15) is 17.7 Å². The van der Waals surface area contributed by atoms with Crippen molar-refractivity contribution in [1.29, 1.82) is 0 Å². The molecule has 0 atom stereocenters. The van der Waals surface area contributed by atoms with Gasteiger partial charge in [0.15, 0.2) is 0 Å². The molecule has 0 bridgehead atoms. The molecule has 0 spiro atoms. The van der Waals surface area contributed by atoms with E-state index in [9.17, 15) is 18.9 Å². The normalized spacial score (nSPS) is 10.7. The topological polar surface area (TPSA) is 108 Å². The lowest BCUT2D eigenvalue weighted by Gasteiger charge is -2.06. The molecule has 15 heavy (non-hydrogen) atoms. The van der Waals surface area contributed by atoms with Gasteiger partial charge < -0.3 is 11.5 Å². The Balaban J connectivity index is 3.42. The second-order valence-corrected chi connectivity index (χ2v) is 2.68. The van der Waals surface area contributed by atoms with Crippen LogP contribution in [0.3, 0.4) is 0 Å². The van der Waals surface area contributed by atoms with Crippen LogP contribution in [0.2, 0.25) is 0 Å². The van der Waals surface area contributed by atoms with Gasteiger partial charge in [-0.05, 0) is 0 Å². The largest absolute Gasteiger partial charge is 0.393 e. The molecule has 6 nitrogen and oxygen atoms in total. The maximum atomic E-state index is 12.3. The second kappa shape index (κ2) is 4.13. The predicted octanol–water partition coefficient (Wildman–Crippen LogP) is 0.968. The molecular weight excluding hydrogens is 210 g/mol. The molecule has 0 unspecified atom stereocenters. The molecule has 0 saturated heterocycles. The van der Waals surface area contributed by atoms with Crippen molar-refractivity contribution >= 4 is 11.4 Å². The standard InChI is InChI=1S/C7H8F2N4O2/c8-7(9)3-2-12-4(1-10)6(5(3)11)13(14)15/h2,7H,1,10H2,(H2,11,12). The Morgan fingerprint density at radius 2 is 2.20 bits per heavy atom. The summed E-state index contributed by atoms with van der Waals surface area (Å²) >= 11 is 0. The fourth-order valence-corrected chi connectivity index (χ4v) is 1.10. The Hall–Kier alpha value is -1.83. The van der Waals surface area contributed by atoms with E-state index in [-0.39, 0.29) is 12.2 Å². The minimum atomic E-state index is -2.90. The molecule has 1 rings (SSSR count). The molecule has 1 aromatic heterocycles. The van der Waals surface area contributed by atoms with Gasteiger partial charge in [0.2, 0.25) is 0 Å². The molecule has 82 valence electrons. The van der Waals surface area contributed by atoms with Gasteiger partial charge in [-0.1, -0.05) is 0 Å². The summed E-state index contributed by atoms with van der Waals surface area (Å²) in [6.45, 7) is -0.232. The van der Waals surface area contributed by atoms with Crippen molar-refractivity contribution in [2.24, 2.45) is 5.73 Å². The van der Waals surface area contributed by atoms with Crippen molar-refractivity contribution in [3.05, 3.63) is 27.6 Å². The van der Waals surface area contributed by atoms with Crippen LogP contribution in [-0.2, 0) is 6.54 Å². The first-order valence-electron chi connectivity index (χ1n) is 3.88. The van der Waals surface area contributed by atoms with Crippen LogP contribution in [0, 0.1) is 10.1 Å². The molecule has 0 aliphatic carbocycles. The van der Waals surface area contributed by atoms with Gasteiger partial charge in [-0.3, -0.25) is 15.1 Å². The number of rotatable bonds is 3. The van der Waals surface area contributed by atoms with Crippen LogP contribution in [0.25, 0.3) is 0 Å². The molecule has 4 N–H and O–H groups in total. The number of aromatic nitrogens is 1. The van der Waals surface area contributed by atoms with Gasteiger partial charge in [0.05, 0.1) is 10.5 Å². The number of nitrogens with two attached hydrogens (primary N) is 2. The molecule has 1 aromatic rings. The molecule has 0 amide bonds. The molecule has 0 fully saturated rings. The summed E-state index contributed by atoms with van der Waals surface area (Å²) in [4.78, 5) is 13.2. The summed E-state index contributed by atoms with van der Waals surface area (Å²) in [5.41, 5.74) is 8.43. The fourth-order valence-electron chi connectivity index (χ4n) is 1.10. The Morgan fingerprint density at radius 3 is 2.60 bits per heavy atom. The van der Waals surface area contributed by atoms with Crippen LogP contribution in [0.15, 0.2) is 6.20 Å². The fraction of sp³-hybridized carbons (Fsp3) is 0.286. The lowest BCUT2D eigenvalue weighted by Crippen LogP contribution is -2.09. The predicted molar refractivity (Wildman–Crippen MR) is 48.2 cm³/mol. The van der Waals surface area contributed by atoms with Crippen molar-refractivity contribution in [2.45, 2.75) is 13.0 Å². The van der Waals surface area contributed by atoms with E-state index >= 15 is 0 Å². The van der Waals surface area contributed by atoms with Crippen molar-refractivity contribution in [2.75, 3.05) is 5.73 Å². The molecular formula is C7H8F2N4O2. The number of alkyl halides is 2. The van der Waals surface area contributed by atoms with E-state index in [0.717, 1.165) is 6.20 Å². The summed E-state index contributed by atoms with van der Waals surface area (Å²) in [7, 11) is 0. The van der Waals surface area contributed by atoms with Gasteiger partial charge in [0, 0.05) is 12.7 Å². The van der Waals surface area contributed by atoms with Crippen molar-refractivity contribution < 1.29 is 13.7 Å².